The molecule has 0 radical (unpaired) electrons. The Morgan fingerprint density at radius 2 is 1.79 bits per heavy atom. The van der Waals surface area contributed by atoms with E-state index in [0.717, 1.165) is 29.4 Å². The van der Waals surface area contributed by atoms with Gasteiger partial charge in [0.15, 0.2) is 0 Å². The SMILES string of the molecule is CCN(Cc1ccccc1)c1ccc(Cl)cc1CCl. The Morgan fingerprint density at radius 3 is 2.42 bits per heavy atom. The average Bonchev–Trinajstić information content (AvgIpc) is 2.46. The number of benzene rings is 2. The van der Waals surface area contributed by atoms with E-state index in [9.17, 15) is 0 Å². The van der Waals surface area contributed by atoms with Gasteiger partial charge in [-0.3, -0.25) is 0 Å². The Morgan fingerprint density at radius 1 is 1.05 bits per heavy atom. The minimum atomic E-state index is 0.473. The molecule has 0 aromatic heterocycles. The van der Waals surface area contributed by atoms with Gasteiger partial charge in [0.1, 0.15) is 0 Å². The molecule has 100 valence electrons. The Bertz CT molecular complexity index is 526. The van der Waals surface area contributed by atoms with E-state index in [1.54, 1.807) is 0 Å². The Kier molecular flexibility index (Phi) is 5.12. The highest BCUT2D eigenvalue weighted by atomic mass is 35.5. The molecule has 0 fully saturated rings. The summed E-state index contributed by atoms with van der Waals surface area (Å²) >= 11 is 12.0. The van der Waals surface area contributed by atoms with Crippen LogP contribution in [0.3, 0.4) is 0 Å². The van der Waals surface area contributed by atoms with Gasteiger partial charge in [-0.15, -0.1) is 11.6 Å². The van der Waals surface area contributed by atoms with Crippen molar-refractivity contribution in [1.82, 2.24) is 0 Å². The zero-order chi connectivity index (χ0) is 13.7. The molecule has 0 unspecified atom stereocenters. The van der Waals surface area contributed by atoms with Crippen LogP contribution in [0, 0.1) is 0 Å². The van der Waals surface area contributed by atoms with Crippen molar-refractivity contribution in [2.45, 2.75) is 19.3 Å². The number of anilines is 1. The summed E-state index contributed by atoms with van der Waals surface area (Å²) in [6.07, 6.45) is 0. The minimum Gasteiger partial charge on any atom is -0.367 e. The molecule has 0 aliphatic heterocycles. The molecule has 0 bridgehead atoms. The molecule has 0 N–H and O–H groups in total. The van der Waals surface area contributed by atoms with E-state index in [0.29, 0.717) is 5.88 Å². The number of alkyl halides is 1. The van der Waals surface area contributed by atoms with E-state index in [2.05, 4.69) is 36.1 Å². The maximum Gasteiger partial charge on any atom is 0.0495 e. The molecule has 0 aliphatic rings. The van der Waals surface area contributed by atoms with Gasteiger partial charge in [-0.25, -0.2) is 0 Å². The molecule has 0 saturated heterocycles. The molecule has 0 amide bonds. The molecular formula is C16H17Cl2N. The van der Waals surface area contributed by atoms with Crippen molar-refractivity contribution in [3.05, 3.63) is 64.7 Å². The van der Waals surface area contributed by atoms with Gasteiger partial charge in [0.05, 0.1) is 0 Å². The lowest BCUT2D eigenvalue weighted by Gasteiger charge is -2.25. The first-order valence-electron chi connectivity index (χ1n) is 6.38. The van der Waals surface area contributed by atoms with Crippen LogP contribution in [-0.2, 0) is 12.4 Å². The van der Waals surface area contributed by atoms with Gasteiger partial charge in [0.25, 0.3) is 0 Å². The van der Waals surface area contributed by atoms with Crippen LogP contribution in [0.4, 0.5) is 5.69 Å². The van der Waals surface area contributed by atoms with Crippen molar-refractivity contribution in [2.24, 2.45) is 0 Å². The van der Waals surface area contributed by atoms with Gasteiger partial charge in [-0.1, -0.05) is 41.9 Å². The van der Waals surface area contributed by atoms with Crippen molar-refractivity contribution >= 4 is 28.9 Å². The number of hydrogen-bond acceptors (Lipinski definition) is 1. The van der Waals surface area contributed by atoms with Crippen LogP contribution in [0.5, 0.6) is 0 Å². The highest BCUT2D eigenvalue weighted by Crippen LogP contribution is 2.27. The molecule has 19 heavy (non-hydrogen) atoms. The van der Waals surface area contributed by atoms with E-state index in [1.165, 1.54) is 5.56 Å². The second kappa shape index (κ2) is 6.83. The van der Waals surface area contributed by atoms with Crippen LogP contribution in [0.25, 0.3) is 0 Å². The first-order chi connectivity index (χ1) is 9.24. The van der Waals surface area contributed by atoms with Gasteiger partial charge in [-0.2, -0.15) is 0 Å². The van der Waals surface area contributed by atoms with Crippen LogP contribution >= 0.6 is 23.2 Å². The van der Waals surface area contributed by atoms with Gasteiger partial charge in [0, 0.05) is 29.7 Å². The van der Waals surface area contributed by atoms with Crippen molar-refractivity contribution in [3.63, 3.8) is 0 Å². The van der Waals surface area contributed by atoms with E-state index < -0.39 is 0 Å². The second-order valence-electron chi connectivity index (χ2n) is 4.41. The molecule has 0 spiro atoms. The third-order valence-corrected chi connectivity index (χ3v) is 3.65. The van der Waals surface area contributed by atoms with Crippen LogP contribution in [0.1, 0.15) is 18.1 Å². The Labute approximate surface area is 124 Å². The fraction of sp³-hybridized carbons (Fsp3) is 0.250. The van der Waals surface area contributed by atoms with Crippen molar-refractivity contribution in [3.8, 4) is 0 Å². The quantitative estimate of drug-likeness (QED) is 0.693. The third-order valence-electron chi connectivity index (χ3n) is 3.12. The van der Waals surface area contributed by atoms with E-state index in [1.807, 2.05) is 24.3 Å². The second-order valence-corrected chi connectivity index (χ2v) is 5.11. The van der Waals surface area contributed by atoms with Crippen molar-refractivity contribution < 1.29 is 0 Å². The lowest BCUT2D eigenvalue weighted by Crippen LogP contribution is -2.23. The lowest BCUT2D eigenvalue weighted by molar-refractivity contribution is 0.827. The standard InChI is InChI=1S/C16H17Cl2N/c1-2-19(12-13-6-4-3-5-7-13)16-9-8-15(18)10-14(16)11-17/h3-10H,2,11-12H2,1H3. The summed E-state index contributed by atoms with van der Waals surface area (Å²) in [5.74, 6) is 0.473. The number of hydrogen-bond donors (Lipinski definition) is 0. The monoisotopic (exact) mass is 293 g/mol. The van der Waals surface area contributed by atoms with Crippen LogP contribution < -0.4 is 4.90 Å². The summed E-state index contributed by atoms with van der Waals surface area (Å²) < 4.78 is 0. The topological polar surface area (TPSA) is 3.24 Å². The zero-order valence-electron chi connectivity index (χ0n) is 10.9. The largest absolute Gasteiger partial charge is 0.367 e. The smallest absolute Gasteiger partial charge is 0.0495 e. The maximum atomic E-state index is 6.03. The molecule has 0 saturated carbocycles. The normalized spacial score (nSPS) is 10.5. The summed E-state index contributed by atoms with van der Waals surface area (Å²) in [4.78, 5) is 2.31. The van der Waals surface area contributed by atoms with Crippen LogP contribution in [0.15, 0.2) is 48.5 Å². The molecule has 2 aromatic rings. The molecule has 2 aromatic carbocycles. The first-order valence-corrected chi connectivity index (χ1v) is 7.29. The summed E-state index contributed by atoms with van der Waals surface area (Å²) in [5.41, 5.74) is 3.53. The van der Waals surface area contributed by atoms with Crippen LogP contribution in [0.2, 0.25) is 5.02 Å². The lowest BCUT2D eigenvalue weighted by atomic mass is 10.1. The molecule has 3 heteroatoms. The van der Waals surface area contributed by atoms with Crippen molar-refractivity contribution in [1.29, 1.82) is 0 Å². The molecule has 0 heterocycles. The number of nitrogens with zero attached hydrogens (tertiary/aromatic N) is 1. The Balaban J connectivity index is 2.27. The molecule has 1 nitrogen and oxygen atoms in total. The molecule has 0 atom stereocenters. The number of halogens is 2. The zero-order valence-corrected chi connectivity index (χ0v) is 12.5. The first kappa shape index (κ1) is 14.2. The van der Waals surface area contributed by atoms with E-state index >= 15 is 0 Å². The maximum absolute atomic E-state index is 6.03. The summed E-state index contributed by atoms with van der Waals surface area (Å²) in [7, 11) is 0. The average molecular weight is 294 g/mol. The Hall–Kier alpha value is -1.18. The highest BCUT2D eigenvalue weighted by Gasteiger charge is 2.10. The fourth-order valence-electron chi connectivity index (χ4n) is 2.14. The van der Waals surface area contributed by atoms with Gasteiger partial charge < -0.3 is 4.90 Å². The molecular weight excluding hydrogens is 277 g/mol. The number of rotatable bonds is 5. The fourth-order valence-corrected chi connectivity index (χ4v) is 2.55. The summed E-state index contributed by atoms with van der Waals surface area (Å²) in [6, 6.07) is 16.3. The molecule has 2 rings (SSSR count). The predicted octanol–water partition coefficient (Wildman–Crippen LogP) is 5.11. The van der Waals surface area contributed by atoms with Gasteiger partial charge in [0.2, 0.25) is 0 Å². The molecule has 0 aliphatic carbocycles. The summed E-state index contributed by atoms with van der Waals surface area (Å²) in [5, 5.41) is 0.732. The van der Waals surface area contributed by atoms with Gasteiger partial charge in [-0.05, 0) is 36.2 Å². The third kappa shape index (κ3) is 3.65. The van der Waals surface area contributed by atoms with Gasteiger partial charge >= 0.3 is 0 Å². The van der Waals surface area contributed by atoms with Crippen LogP contribution in [-0.4, -0.2) is 6.54 Å². The summed E-state index contributed by atoms with van der Waals surface area (Å²) in [6.45, 7) is 3.96. The highest BCUT2D eigenvalue weighted by molar-refractivity contribution is 6.30. The van der Waals surface area contributed by atoms with E-state index in [4.69, 9.17) is 23.2 Å². The minimum absolute atomic E-state index is 0.473. The predicted molar refractivity (Wildman–Crippen MR) is 84.2 cm³/mol. The van der Waals surface area contributed by atoms with E-state index in [-0.39, 0.29) is 0 Å². The van der Waals surface area contributed by atoms with Crippen molar-refractivity contribution in [2.75, 3.05) is 11.4 Å².